The molecule has 0 fully saturated rings. The van der Waals surface area contributed by atoms with Crippen LogP contribution in [0.3, 0.4) is 0 Å². The van der Waals surface area contributed by atoms with Crippen LogP contribution in [0, 0.1) is 6.92 Å². The quantitative estimate of drug-likeness (QED) is 0.642. The van der Waals surface area contributed by atoms with Gasteiger partial charge < -0.3 is 20.1 Å². The topological polar surface area (TPSA) is 91.4 Å². The molecule has 1 aromatic heterocycles. The average Bonchev–Trinajstić information content (AvgIpc) is 2.26. The van der Waals surface area contributed by atoms with E-state index in [1.165, 1.54) is 19.4 Å². The van der Waals surface area contributed by atoms with E-state index in [9.17, 15) is 14.7 Å². The maximum atomic E-state index is 11.6. The highest BCUT2D eigenvalue weighted by atomic mass is 16.5. The third-order valence-electron chi connectivity index (χ3n) is 2.16. The van der Waals surface area contributed by atoms with Crippen LogP contribution in [0.25, 0.3) is 0 Å². The lowest BCUT2D eigenvalue weighted by atomic mass is 10.2. The minimum absolute atomic E-state index is 0.0280. The Bertz CT molecular complexity index is 441. The highest BCUT2D eigenvalue weighted by Crippen LogP contribution is 1.92. The monoisotopic (exact) mass is 240 g/mol. The number of carbonyl (C=O) groups excluding carboxylic acids is 1. The summed E-state index contributed by atoms with van der Waals surface area (Å²) in [5.41, 5.74) is 0.367. The zero-order valence-corrected chi connectivity index (χ0v) is 9.82. The van der Waals surface area contributed by atoms with Crippen LogP contribution in [0.4, 0.5) is 0 Å². The molecule has 0 aliphatic carbocycles. The van der Waals surface area contributed by atoms with Crippen molar-refractivity contribution in [2.75, 3.05) is 20.3 Å². The largest absolute Gasteiger partial charge is 0.389 e. The highest BCUT2D eigenvalue weighted by Gasteiger charge is 2.11. The number of aromatic amines is 1. The Kier molecular flexibility index (Phi) is 4.86. The molecule has 0 aromatic carbocycles. The zero-order valence-electron chi connectivity index (χ0n) is 9.82. The molecule has 17 heavy (non-hydrogen) atoms. The number of amides is 1. The SMILES string of the molecule is COCC(O)CNC(=O)c1c[nH]c(C)cc1=O. The number of aromatic nitrogens is 1. The van der Waals surface area contributed by atoms with E-state index in [0.29, 0.717) is 5.69 Å². The van der Waals surface area contributed by atoms with E-state index < -0.39 is 12.0 Å². The second-order valence-corrected chi connectivity index (χ2v) is 3.71. The molecule has 1 atom stereocenters. The minimum atomic E-state index is -0.784. The van der Waals surface area contributed by atoms with Gasteiger partial charge in [0.05, 0.1) is 12.7 Å². The van der Waals surface area contributed by atoms with Crippen molar-refractivity contribution in [1.29, 1.82) is 0 Å². The third-order valence-corrected chi connectivity index (χ3v) is 2.16. The Morgan fingerprint density at radius 2 is 2.35 bits per heavy atom. The van der Waals surface area contributed by atoms with Crippen LogP contribution in [0.5, 0.6) is 0 Å². The van der Waals surface area contributed by atoms with Crippen molar-refractivity contribution >= 4 is 5.91 Å². The van der Waals surface area contributed by atoms with Crippen molar-refractivity contribution in [3.05, 3.63) is 33.7 Å². The van der Waals surface area contributed by atoms with Crippen LogP contribution in [0.15, 0.2) is 17.1 Å². The summed E-state index contributed by atoms with van der Waals surface area (Å²) in [6.45, 7) is 1.90. The van der Waals surface area contributed by atoms with Gasteiger partial charge in [0, 0.05) is 31.6 Å². The first-order chi connectivity index (χ1) is 8.04. The van der Waals surface area contributed by atoms with Crippen molar-refractivity contribution in [3.63, 3.8) is 0 Å². The van der Waals surface area contributed by atoms with Crippen LogP contribution in [0.2, 0.25) is 0 Å². The molecule has 0 aliphatic heterocycles. The van der Waals surface area contributed by atoms with Crippen molar-refractivity contribution in [2.45, 2.75) is 13.0 Å². The van der Waals surface area contributed by atoms with E-state index >= 15 is 0 Å². The van der Waals surface area contributed by atoms with Crippen LogP contribution < -0.4 is 10.7 Å². The number of hydrogen-bond acceptors (Lipinski definition) is 4. The molecule has 3 N–H and O–H groups in total. The molecule has 0 aliphatic rings. The molecule has 1 aromatic rings. The minimum Gasteiger partial charge on any atom is -0.389 e. The summed E-state index contributed by atoms with van der Waals surface area (Å²) in [5, 5.41) is 11.8. The number of aliphatic hydroxyl groups is 1. The van der Waals surface area contributed by atoms with Crippen LogP contribution in [-0.2, 0) is 4.74 Å². The van der Waals surface area contributed by atoms with E-state index in [4.69, 9.17) is 4.74 Å². The van der Waals surface area contributed by atoms with Gasteiger partial charge in [0.25, 0.3) is 5.91 Å². The Morgan fingerprint density at radius 1 is 1.65 bits per heavy atom. The fourth-order valence-corrected chi connectivity index (χ4v) is 1.31. The first-order valence-corrected chi connectivity index (χ1v) is 5.19. The maximum Gasteiger partial charge on any atom is 0.256 e. The van der Waals surface area contributed by atoms with Crippen LogP contribution in [0.1, 0.15) is 16.1 Å². The second-order valence-electron chi connectivity index (χ2n) is 3.71. The molecule has 1 unspecified atom stereocenters. The standard InChI is InChI=1S/C11H16N2O4/c1-7-3-10(15)9(5-12-7)11(16)13-4-8(14)6-17-2/h3,5,8,14H,4,6H2,1-2H3,(H,12,15)(H,13,16). The van der Waals surface area contributed by atoms with Crippen molar-refractivity contribution in [3.8, 4) is 0 Å². The molecule has 1 amide bonds. The van der Waals surface area contributed by atoms with Gasteiger partial charge in [-0.05, 0) is 6.92 Å². The molecule has 0 bridgehead atoms. The van der Waals surface area contributed by atoms with E-state index in [0.717, 1.165) is 0 Å². The Balaban J connectivity index is 2.61. The molecular weight excluding hydrogens is 224 g/mol. The number of aliphatic hydroxyl groups excluding tert-OH is 1. The molecule has 0 radical (unpaired) electrons. The lowest BCUT2D eigenvalue weighted by Gasteiger charge is -2.10. The number of pyridine rings is 1. The molecule has 1 rings (SSSR count). The van der Waals surface area contributed by atoms with E-state index in [1.54, 1.807) is 6.92 Å². The molecule has 1 heterocycles. The summed E-state index contributed by atoms with van der Waals surface area (Å²) >= 11 is 0. The number of nitrogens with one attached hydrogen (secondary N) is 2. The van der Waals surface area contributed by atoms with Gasteiger partial charge in [0.2, 0.25) is 0 Å². The predicted octanol–water partition coefficient (Wildman–Crippen LogP) is -0.580. The zero-order chi connectivity index (χ0) is 12.8. The summed E-state index contributed by atoms with van der Waals surface area (Å²) in [5.74, 6) is -0.513. The van der Waals surface area contributed by atoms with Gasteiger partial charge in [0.15, 0.2) is 5.43 Å². The summed E-state index contributed by atoms with van der Waals surface area (Å²) in [7, 11) is 1.45. The van der Waals surface area contributed by atoms with Gasteiger partial charge in [-0.3, -0.25) is 9.59 Å². The van der Waals surface area contributed by atoms with Crippen LogP contribution in [-0.4, -0.2) is 42.4 Å². The maximum absolute atomic E-state index is 11.6. The predicted molar refractivity (Wildman–Crippen MR) is 62.0 cm³/mol. The normalized spacial score (nSPS) is 12.2. The lowest BCUT2D eigenvalue weighted by Crippen LogP contribution is -2.36. The van der Waals surface area contributed by atoms with E-state index in [-0.39, 0.29) is 24.1 Å². The fraction of sp³-hybridized carbons (Fsp3) is 0.455. The summed E-state index contributed by atoms with van der Waals surface area (Å²) in [6.07, 6.45) is 0.573. The Morgan fingerprint density at radius 3 is 2.94 bits per heavy atom. The number of ether oxygens (including phenoxy) is 1. The van der Waals surface area contributed by atoms with Crippen LogP contribution >= 0.6 is 0 Å². The summed E-state index contributed by atoms with van der Waals surface area (Å²) < 4.78 is 4.71. The smallest absolute Gasteiger partial charge is 0.256 e. The van der Waals surface area contributed by atoms with Gasteiger partial charge >= 0.3 is 0 Å². The lowest BCUT2D eigenvalue weighted by molar-refractivity contribution is 0.0609. The third kappa shape index (κ3) is 4.01. The number of aryl methyl sites for hydroxylation is 1. The first-order valence-electron chi connectivity index (χ1n) is 5.19. The average molecular weight is 240 g/mol. The first kappa shape index (κ1) is 13.4. The highest BCUT2D eigenvalue weighted by molar-refractivity contribution is 5.93. The fourth-order valence-electron chi connectivity index (χ4n) is 1.31. The van der Waals surface area contributed by atoms with Crippen molar-refractivity contribution in [2.24, 2.45) is 0 Å². The number of hydrogen-bond donors (Lipinski definition) is 3. The van der Waals surface area contributed by atoms with Crippen molar-refractivity contribution in [1.82, 2.24) is 10.3 Å². The van der Waals surface area contributed by atoms with Gasteiger partial charge in [-0.2, -0.15) is 0 Å². The molecule has 94 valence electrons. The molecular formula is C11H16N2O4. The Labute approximate surface area is 98.6 Å². The number of carbonyl (C=O) groups is 1. The van der Waals surface area contributed by atoms with Gasteiger partial charge in [-0.15, -0.1) is 0 Å². The molecule has 0 saturated heterocycles. The van der Waals surface area contributed by atoms with Gasteiger partial charge in [0.1, 0.15) is 5.56 Å². The molecule has 6 nitrogen and oxygen atoms in total. The van der Waals surface area contributed by atoms with Crippen molar-refractivity contribution < 1.29 is 14.6 Å². The second kappa shape index (κ2) is 6.17. The molecule has 6 heteroatoms. The molecule has 0 saturated carbocycles. The summed E-state index contributed by atoms with van der Waals surface area (Å²) in [6, 6.07) is 1.35. The Hall–Kier alpha value is -1.66. The molecule has 0 spiro atoms. The van der Waals surface area contributed by atoms with E-state index in [1.807, 2.05) is 0 Å². The number of rotatable bonds is 5. The van der Waals surface area contributed by atoms with E-state index in [2.05, 4.69) is 10.3 Å². The van der Waals surface area contributed by atoms with Gasteiger partial charge in [-0.25, -0.2) is 0 Å². The number of methoxy groups -OCH3 is 1. The summed E-state index contributed by atoms with van der Waals surface area (Å²) in [4.78, 5) is 25.9. The number of H-pyrrole nitrogens is 1. The van der Waals surface area contributed by atoms with Gasteiger partial charge in [-0.1, -0.05) is 0 Å².